The van der Waals surface area contributed by atoms with Gasteiger partial charge in [-0.15, -0.1) is 0 Å². The first-order valence-electron chi connectivity index (χ1n) is 11.9. The molecular weight excluding hydrogens is 336 g/mol. The Morgan fingerprint density at radius 3 is 1.67 bits per heavy atom. The van der Waals surface area contributed by atoms with Crippen molar-refractivity contribution in [2.45, 2.75) is 131 Å². The summed E-state index contributed by atoms with van der Waals surface area (Å²) in [7, 11) is 0. The monoisotopic (exact) mass is 386 g/mol. The molecule has 3 heteroatoms. The smallest absolute Gasteiger partial charge is 0.309 e. The Kier molecular flexibility index (Phi) is 24.9. The second-order valence-corrected chi connectivity index (χ2v) is 7.43. The molecule has 0 aliphatic rings. The van der Waals surface area contributed by atoms with E-state index in [2.05, 4.69) is 27.7 Å². The number of hydrogen-bond acceptors (Lipinski definition) is 3. The van der Waals surface area contributed by atoms with Gasteiger partial charge in [-0.25, -0.2) is 0 Å². The van der Waals surface area contributed by atoms with Crippen molar-refractivity contribution in [3.8, 4) is 0 Å². The van der Waals surface area contributed by atoms with Crippen molar-refractivity contribution in [3.05, 3.63) is 0 Å². The Morgan fingerprint density at radius 2 is 1.19 bits per heavy atom. The lowest BCUT2D eigenvalue weighted by molar-refractivity contribution is -0.155. The predicted octanol–water partition coefficient (Wildman–Crippen LogP) is 7.71. The zero-order valence-corrected chi connectivity index (χ0v) is 19.5. The minimum absolute atomic E-state index is 0.0608. The van der Waals surface area contributed by atoms with Crippen LogP contribution in [0.25, 0.3) is 0 Å². The third-order valence-corrected chi connectivity index (χ3v) is 4.93. The fourth-order valence-electron chi connectivity index (χ4n) is 3.07. The van der Waals surface area contributed by atoms with E-state index in [1.807, 2.05) is 13.8 Å². The van der Waals surface area contributed by atoms with Crippen LogP contribution in [-0.4, -0.2) is 25.3 Å². The summed E-state index contributed by atoms with van der Waals surface area (Å²) in [6, 6.07) is 0. The predicted molar refractivity (Wildman–Crippen MR) is 118 cm³/mol. The van der Waals surface area contributed by atoms with Gasteiger partial charge in [0.05, 0.1) is 5.92 Å². The number of unbranched alkanes of at least 4 members (excludes halogenated alkanes) is 6. The Bertz CT molecular complexity index is 289. The van der Waals surface area contributed by atoms with E-state index in [0.29, 0.717) is 0 Å². The Labute approximate surface area is 171 Å². The first-order valence-corrected chi connectivity index (χ1v) is 11.9. The number of carbonyl (C=O) groups is 1. The summed E-state index contributed by atoms with van der Waals surface area (Å²) in [6.45, 7) is 14.4. The number of esters is 1. The van der Waals surface area contributed by atoms with Gasteiger partial charge in [0.2, 0.25) is 0 Å². The molecule has 0 bridgehead atoms. The quantitative estimate of drug-likeness (QED) is 0.190. The average molecular weight is 387 g/mol. The number of carbonyl (C=O) groups excluding carboxylic acids is 1. The molecule has 0 rings (SSSR count). The summed E-state index contributed by atoms with van der Waals surface area (Å²) in [5, 5.41) is 0. The van der Waals surface area contributed by atoms with E-state index in [9.17, 15) is 4.79 Å². The molecule has 0 amide bonds. The summed E-state index contributed by atoms with van der Waals surface area (Å²) >= 11 is 0. The van der Waals surface area contributed by atoms with E-state index in [1.165, 1.54) is 44.9 Å². The fourth-order valence-corrected chi connectivity index (χ4v) is 3.07. The van der Waals surface area contributed by atoms with E-state index in [4.69, 9.17) is 9.47 Å². The van der Waals surface area contributed by atoms with Crippen LogP contribution >= 0.6 is 0 Å². The van der Waals surface area contributed by atoms with Crippen LogP contribution in [0.3, 0.4) is 0 Å². The van der Waals surface area contributed by atoms with Crippen LogP contribution in [0.2, 0.25) is 0 Å². The molecule has 27 heavy (non-hydrogen) atoms. The highest BCUT2D eigenvalue weighted by molar-refractivity contribution is 5.72. The lowest BCUT2D eigenvalue weighted by atomic mass is 9.99. The van der Waals surface area contributed by atoms with Crippen molar-refractivity contribution >= 4 is 5.97 Å². The highest BCUT2D eigenvalue weighted by Gasteiger charge is 2.21. The molecule has 0 saturated heterocycles. The Hall–Kier alpha value is -0.570. The Balaban J connectivity index is 0. The van der Waals surface area contributed by atoms with E-state index in [1.54, 1.807) is 0 Å². The van der Waals surface area contributed by atoms with Gasteiger partial charge in [0.25, 0.3) is 0 Å². The normalized spacial score (nSPS) is 12.8. The highest BCUT2D eigenvalue weighted by Crippen LogP contribution is 2.20. The van der Waals surface area contributed by atoms with Crippen LogP contribution in [0, 0.1) is 5.92 Å². The SMILES string of the molecule is CCCCCCCC(CCCC)OC(=O)C(CC)CCCC.CCOCC. The van der Waals surface area contributed by atoms with Crippen LogP contribution in [0.1, 0.15) is 125 Å². The van der Waals surface area contributed by atoms with Crippen molar-refractivity contribution in [3.63, 3.8) is 0 Å². The molecule has 2 unspecified atom stereocenters. The molecule has 0 spiro atoms. The van der Waals surface area contributed by atoms with Gasteiger partial charge >= 0.3 is 5.97 Å². The van der Waals surface area contributed by atoms with Crippen LogP contribution in [0.4, 0.5) is 0 Å². The molecule has 0 aliphatic carbocycles. The second-order valence-electron chi connectivity index (χ2n) is 7.43. The summed E-state index contributed by atoms with van der Waals surface area (Å²) in [6.07, 6.45) is 15.2. The molecule has 0 aromatic rings. The van der Waals surface area contributed by atoms with Gasteiger partial charge in [-0.1, -0.05) is 79.1 Å². The highest BCUT2D eigenvalue weighted by atomic mass is 16.5. The average Bonchev–Trinajstić information content (AvgIpc) is 2.67. The first kappa shape index (κ1) is 28.6. The van der Waals surface area contributed by atoms with E-state index in [0.717, 1.165) is 51.7 Å². The lowest BCUT2D eigenvalue weighted by Gasteiger charge is -2.21. The maximum atomic E-state index is 12.4. The topological polar surface area (TPSA) is 35.5 Å². The zero-order valence-electron chi connectivity index (χ0n) is 19.5. The lowest BCUT2D eigenvalue weighted by Crippen LogP contribution is -2.24. The van der Waals surface area contributed by atoms with Gasteiger partial charge in [-0.3, -0.25) is 4.79 Å². The first-order chi connectivity index (χ1) is 13.1. The maximum absolute atomic E-state index is 12.4. The van der Waals surface area contributed by atoms with E-state index < -0.39 is 0 Å². The van der Waals surface area contributed by atoms with E-state index >= 15 is 0 Å². The molecule has 0 radical (unpaired) electrons. The van der Waals surface area contributed by atoms with Crippen LogP contribution < -0.4 is 0 Å². The fraction of sp³-hybridized carbons (Fsp3) is 0.958. The van der Waals surface area contributed by atoms with Gasteiger partial charge in [0.15, 0.2) is 0 Å². The summed E-state index contributed by atoms with van der Waals surface area (Å²) in [4.78, 5) is 12.4. The summed E-state index contributed by atoms with van der Waals surface area (Å²) in [5.74, 6) is 0.176. The van der Waals surface area contributed by atoms with Crippen molar-refractivity contribution in [2.24, 2.45) is 5.92 Å². The van der Waals surface area contributed by atoms with Crippen molar-refractivity contribution in [2.75, 3.05) is 13.2 Å². The van der Waals surface area contributed by atoms with Crippen molar-refractivity contribution in [1.29, 1.82) is 0 Å². The molecule has 0 aromatic carbocycles. The minimum Gasteiger partial charge on any atom is -0.462 e. The van der Waals surface area contributed by atoms with Crippen molar-refractivity contribution < 1.29 is 14.3 Å². The zero-order chi connectivity index (χ0) is 20.8. The molecule has 3 nitrogen and oxygen atoms in total. The van der Waals surface area contributed by atoms with Crippen LogP contribution in [0.15, 0.2) is 0 Å². The standard InChI is InChI=1S/C20H40O2.C4H10O/c1-5-9-12-13-14-17-19(16-11-7-3)22-20(21)18(8-4)15-10-6-2;1-3-5-4-2/h18-19H,5-17H2,1-4H3;3-4H2,1-2H3. The number of rotatable bonds is 17. The molecule has 0 fully saturated rings. The third-order valence-electron chi connectivity index (χ3n) is 4.93. The Morgan fingerprint density at radius 1 is 0.667 bits per heavy atom. The van der Waals surface area contributed by atoms with Gasteiger partial charge in [0, 0.05) is 13.2 Å². The maximum Gasteiger partial charge on any atom is 0.309 e. The van der Waals surface area contributed by atoms with Gasteiger partial charge in [-0.05, 0) is 46.0 Å². The largest absolute Gasteiger partial charge is 0.462 e. The molecule has 0 saturated carbocycles. The van der Waals surface area contributed by atoms with Crippen LogP contribution in [-0.2, 0) is 14.3 Å². The summed E-state index contributed by atoms with van der Waals surface area (Å²) in [5.41, 5.74) is 0. The van der Waals surface area contributed by atoms with Gasteiger partial charge in [0.1, 0.15) is 6.10 Å². The molecule has 0 aromatic heterocycles. The molecule has 164 valence electrons. The number of hydrogen-bond donors (Lipinski definition) is 0. The van der Waals surface area contributed by atoms with Crippen molar-refractivity contribution in [1.82, 2.24) is 0 Å². The molecule has 2 atom stereocenters. The van der Waals surface area contributed by atoms with Gasteiger partial charge < -0.3 is 9.47 Å². The van der Waals surface area contributed by atoms with Crippen LogP contribution in [0.5, 0.6) is 0 Å². The minimum atomic E-state index is 0.0608. The molecular formula is C24H50O3. The number of ether oxygens (including phenoxy) is 2. The molecule has 0 heterocycles. The second kappa shape index (κ2) is 23.5. The third kappa shape index (κ3) is 20.0. The van der Waals surface area contributed by atoms with Gasteiger partial charge in [-0.2, -0.15) is 0 Å². The molecule has 0 N–H and O–H groups in total. The molecule has 0 aliphatic heterocycles. The van der Waals surface area contributed by atoms with E-state index in [-0.39, 0.29) is 18.0 Å². The summed E-state index contributed by atoms with van der Waals surface area (Å²) < 4.78 is 10.7.